The van der Waals surface area contributed by atoms with E-state index in [2.05, 4.69) is 10.8 Å². The van der Waals surface area contributed by atoms with Gasteiger partial charge < -0.3 is 19.7 Å². The second-order valence-electron chi connectivity index (χ2n) is 10.1. The van der Waals surface area contributed by atoms with Gasteiger partial charge in [-0.2, -0.15) is 0 Å². The fraction of sp³-hybridized carbons (Fsp3) is 0.444. The van der Waals surface area contributed by atoms with Crippen LogP contribution in [0.4, 0.5) is 26.7 Å². The summed E-state index contributed by atoms with van der Waals surface area (Å²) in [6.45, 7) is 6.50. The van der Waals surface area contributed by atoms with Crippen molar-refractivity contribution in [2.75, 3.05) is 56.6 Å². The Morgan fingerprint density at radius 2 is 1.58 bits per heavy atom. The fourth-order valence-electron chi connectivity index (χ4n) is 3.34. The number of carbonyl (C=O) groups excluding carboxylic acids is 3. The van der Waals surface area contributed by atoms with E-state index in [9.17, 15) is 19.6 Å². The molecule has 3 amide bonds. The highest BCUT2D eigenvalue weighted by Crippen LogP contribution is 2.27. The van der Waals surface area contributed by atoms with Gasteiger partial charge in [0.2, 0.25) is 5.91 Å². The smallest absolute Gasteiger partial charge is 0.414 e. The number of amides is 3. The highest BCUT2D eigenvalue weighted by molar-refractivity contribution is 5.90. The van der Waals surface area contributed by atoms with Gasteiger partial charge in [-0.25, -0.2) is 9.59 Å². The molecule has 0 fully saturated rings. The summed E-state index contributed by atoms with van der Waals surface area (Å²) in [6.07, 6.45) is -0.952. The first kappa shape index (κ1) is 30.4. The number of benzene rings is 2. The molecule has 2 aromatic rings. The number of nitrogens with one attached hydrogen (secondary N) is 2. The first-order valence-electron chi connectivity index (χ1n) is 12.2. The second kappa shape index (κ2) is 13.6. The van der Waals surface area contributed by atoms with Crippen molar-refractivity contribution in [3.63, 3.8) is 0 Å². The van der Waals surface area contributed by atoms with E-state index in [1.165, 1.54) is 16.8 Å². The van der Waals surface area contributed by atoms with E-state index in [1.807, 2.05) is 19.0 Å². The molecule has 2 rings (SSSR count). The average molecular weight is 530 g/mol. The number of rotatable bonds is 10. The minimum absolute atomic E-state index is 0.0677. The second-order valence-corrected chi connectivity index (χ2v) is 10.1. The molecule has 0 radical (unpaired) electrons. The minimum Gasteiger partial charge on any atom is -0.444 e. The summed E-state index contributed by atoms with van der Waals surface area (Å²) in [5.41, 5.74) is 4.07. The molecule has 208 valence electrons. The maximum absolute atomic E-state index is 12.8. The molecule has 0 unspecified atom stereocenters. The van der Waals surface area contributed by atoms with Gasteiger partial charge in [0.05, 0.1) is 17.8 Å². The quantitative estimate of drug-likeness (QED) is 0.397. The highest BCUT2D eigenvalue weighted by Gasteiger charge is 2.23. The third kappa shape index (κ3) is 9.56. The molecular weight excluding hydrogens is 490 g/mol. The monoisotopic (exact) mass is 529 g/mol. The number of hydrogen-bond acceptors (Lipinski definition) is 8. The Balaban J connectivity index is 2.03. The van der Waals surface area contributed by atoms with Crippen LogP contribution in [-0.2, 0) is 27.3 Å². The molecule has 38 heavy (non-hydrogen) atoms. The van der Waals surface area contributed by atoms with Crippen LogP contribution in [0.5, 0.6) is 0 Å². The lowest BCUT2D eigenvalue weighted by molar-refractivity contribution is -0.120. The standard InChI is InChI=1S/C27H39N5O6/c1-27(2,3)38-26(35)32(7)23-17-21(29-36)11-10-20(23)18-37-25(34)31(6)22-12-8-19(9-13-22)16-24(33)28-14-15-30(4)5/h8-13,17,29,36H,14-16,18H2,1-7H3,(H,28,33). The van der Waals surface area contributed by atoms with Crippen LogP contribution in [0, 0.1) is 0 Å². The van der Waals surface area contributed by atoms with E-state index in [0.717, 1.165) is 12.1 Å². The van der Waals surface area contributed by atoms with Crippen molar-refractivity contribution in [3.05, 3.63) is 53.6 Å². The average Bonchev–Trinajstić information content (AvgIpc) is 2.85. The zero-order valence-electron chi connectivity index (χ0n) is 23.2. The summed E-state index contributed by atoms with van der Waals surface area (Å²) in [7, 11) is 7.00. The molecule has 0 aromatic heterocycles. The van der Waals surface area contributed by atoms with Crippen LogP contribution in [0.3, 0.4) is 0 Å². The van der Waals surface area contributed by atoms with Gasteiger partial charge in [0.1, 0.15) is 12.2 Å². The number of carbonyl (C=O) groups is 3. The Labute approximate surface area is 224 Å². The Kier molecular flexibility index (Phi) is 10.9. The summed E-state index contributed by atoms with van der Waals surface area (Å²) in [4.78, 5) is 42.1. The van der Waals surface area contributed by atoms with Gasteiger partial charge in [-0.15, -0.1) is 0 Å². The lowest BCUT2D eigenvalue weighted by atomic mass is 10.1. The number of likely N-dealkylation sites (N-methyl/N-ethyl adjacent to an activating group) is 1. The molecule has 11 heteroatoms. The zero-order chi connectivity index (χ0) is 28.5. The Morgan fingerprint density at radius 3 is 2.16 bits per heavy atom. The predicted molar refractivity (Wildman–Crippen MR) is 147 cm³/mol. The molecule has 0 heterocycles. The third-order valence-corrected chi connectivity index (χ3v) is 5.44. The Bertz CT molecular complexity index is 1100. The van der Waals surface area contributed by atoms with Crippen LogP contribution in [0.15, 0.2) is 42.5 Å². The Morgan fingerprint density at radius 1 is 0.921 bits per heavy atom. The van der Waals surface area contributed by atoms with Gasteiger partial charge in [0.15, 0.2) is 0 Å². The number of hydrogen-bond donors (Lipinski definition) is 3. The topological polar surface area (TPSA) is 124 Å². The maximum atomic E-state index is 12.8. The fourth-order valence-corrected chi connectivity index (χ4v) is 3.34. The van der Waals surface area contributed by atoms with Crippen molar-refractivity contribution in [2.45, 2.75) is 39.4 Å². The Hall–Kier alpha value is -3.83. The largest absolute Gasteiger partial charge is 0.444 e. The molecule has 0 aliphatic heterocycles. The van der Waals surface area contributed by atoms with E-state index in [-0.39, 0.29) is 18.9 Å². The van der Waals surface area contributed by atoms with E-state index in [1.54, 1.807) is 70.3 Å². The SMILES string of the molecule is CN(C)CCNC(=O)Cc1ccc(N(C)C(=O)OCc2ccc(NO)cc2N(C)C(=O)OC(C)(C)C)cc1. The van der Waals surface area contributed by atoms with Crippen LogP contribution in [0.1, 0.15) is 31.9 Å². The van der Waals surface area contributed by atoms with Crippen molar-refractivity contribution < 1.29 is 29.1 Å². The van der Waals surface area contributed by atoms with Gasteiger partial charge in [-0.05, 0) is 64.7 Å². The molecule has 2 aromatic carbocycles. The molecule has 0 atom stereocenters. The first-order chi connectivity index (χ1) is 17.8. The molecule has 0 aliphatic carbocycles. The molecule has 3 N–H and O–H groups in total. The van der Waals surface area contributed by atoms with Crippen molar-refractivity contribution in [2.24, 2.45) is 0 Å². The molecule has 0 spiro atoms. The minimum atomic E-state index is -0.695. The van der Waals surface area contributed by atoms with Gasteiger partial charge >= 0.3 is 12.2 Å². The van der Waals surface area contributed by atoms with Crippen LogP contribution in [0.25, 0.3) is 0 Å². The van der Waals surface area contributed by atoms with Crippen molar-refractivity contribution >= 4 is 35.2 Å². The summed E-state index contributed by atoms with van der Waals surface area (Å²) in [6, 6.07) is 11.8. The summed E-state index contributed by atoms with van der Waals surface area (Å²) < 4.78 is 10.9. The highest BCUT2D eigenvalue weighted by atomic mass is 16.6. The van der Waals surface area contributed by atoms with Crippen LogP contribution in [-0.4, -0.2) is 75.1 Å². The number of nitrogens with zero attached hydrogens (tertiary/aromatic N) is 3. The van der Waals surface area contributed by atoms with Crippen LogP contribution >= 0.6 is 0 Å². The van der Waals surface area contributed by atoms with Crippen molar-refractivity contribution in [3.8, 4) is 0 Å². The van der Waals surface area contributed by atoms with Crippen molar-refractivity contribution in [1.82, 2.24) is 10.2 Å². The molecule has 0 bridgehead atoms. The maximum Gasteiger partial charge on any atom is 0.414 e. The van der Waals surface area contributed by atoms with E-state index in [4.69, 9.17) is 9.47 Å². The summed E-state index contributed by atoms with van der Waals surface area (Å²) >= 11 is 0. The number of ether oxygens (including phenoxy) is 2. The predicted octanol–water partition coefficient (Wildman–Crippen LogP) is 3.85. The summed E-state index contributed by atoms with van der Waals surface area (Å²) in [5, 5.41) is 12.2. The van der Waals surface area contributed by atoms with E-state index in [0.29, 0.717) is 29.2 Å². The van der Waals surface area contributed by atoms with Gasteiger partial charge in [-0.3, -0.25) is 25.3 Å². The molecule has 0 saturated heterocycles. The molecule has 11 nitrogen and oxygen atoms in total. The van der Waals surface area contributed by atoms with Gasteiger partial charge in [0.25, 0.3) is 0 Å². The van der Waals surface area contributed by atoms with Crippen molar-refractivity contribution in [1.29, 1.82) is 0 Å². The first-order valence-corrected chi connectivity index (χ1v) is 12.2. The van der Waals surface area contributed by atoms with E-state index >= 15 is 0 Å². The van der Waals surface area contributed by atoms with Gasteiger partial charge in [-0.1, -0.05) is 18.2 Å². The summed E-state index contributed by atoms with van der Waals surface area (Å²) in [5.74, 6) is -0.0677. The number of anilines is 3. The van der Waals surface area contributed by atoms with Crippen LogP contribution in [0.2, 0.25) is 0 Å². The third-order valence-electron chi connectivity index (χ3n) is 5.44. The lowest BCUT2D eigenvalue weighted by Gasteiger charge is -2.26. The van der Waals surface area contributed by atoms with E-state index < -0.39 is 17.8 Å². The van der Waals surface area contributed by atoms with Gasteiger partial charge in [0, 0.05) is 38.4 Å². The normalized spacial score (nSPS) is 11.1. The van der Waals surface area contributed by atoms with Crippen LogP contribution < -0.4 is 20.6 Å². The molecule has 0 aliphatic rings. The molecular formula is C27H39N5O6. The lowest BCUT2D eigenvalue weighted by Crippen LogP contribution is -2.35. The molecule has 0 saturated carbocycles. The zero-order valence-corrected chi connectivity index (χ0v) is 23.2.